The van der Waals surface area contributed by atoms with Crippen LogP contribution in [-0.2, 0) is 4.79 Å². The molecule has 0 saturated carbocycles. The van der Waals surface area contributed by atoms with Crippen molar-refractivity contribution in [1.29, 1.82) is 0 Å². The van der Waals surface area contributed by atoms with Crippen molar-refractivity contribution in [2.45, 2.75) is 37.9 Å². The van der Waals surface area contributed by atoms with E-state index >= 15 is 0 Å². The highest BCUT2D eigenvalue weighted by atomic mass is 32.2. The van der Waals surface area contributed by atoms with Gasteiger partial charge in [-0.05, 0) is 25.5 Å². The van der Waals surface area contributed by atoms with E-state index < -0.39 is 5.97 Å². The third-order valence-corrected chi connectivity index (χ3v) is 3.38. The molecule has 0 bridgehead atoms. The number of thioether (sulfide) groups is 1. The largest absolute Gasteiger partial charge is 0.481 e. The Balaban J connectivity index is 3.32. The fourth-order valence-electron chi connectivity index (χ4n) is 1.17. The number of nitrogens with one attached hydrogen (secondary N) is 2. The minimum atomic E-state index is -0.791. The van der Waals surface area contributed by atoms with Crippen molar-refractivity contribution in [2.75, 3.05) is 19.3 Å². The number of carbonyl (C=O) groups excluding carboxylic acids is 1. The van der Waals surface area contributed by atoms with Gasteiger partial charge in [-0.25, -0.2) is 4.79 Å². The van der Waals surface area contributed by atoms with Crippen molar-refractivity contribution in [2.24, 2.45) is 0 Å². The van der Waals surface area contributed by atoms with E-state index in [9.17, 15) is 9.59 Å². The molecule has 0 aromatic heterocycles. The molecule has 0 spiro atoms. The van der Waals surface area contributed by atoms with Crippen LogP contribution < -0.4 is 10.6 Å². The van der Waals surface area contributed by atoms with E-state index in [-0.39, 0.29) is 12.5 Å². The second-order valence-corrected chi connectivity index (χ2v) is 5.14. The van der Waals surface area contributed by atoms with Crippen LogP contribution in [0.1, 0.15) is 32.6 Å². The van der Waals surface area contributed by atoms with E-state index in [0.717, 1.165) is 6.42 Å². The van der Waals surface area contributed by atoms with Gasteiger partial charge in [-0.15, -0.1) is 0 Å². The first kappa shape index (κ1) is 16.1. The molecule has 0 saturated heterocycles. The van der Waals surface area contributed by atoms with Gasteiger partial charge in [0.05, 0.1) is 0 Å². The van der Waals surface area contributed by atoms with Crippen LogP contribution >= 0.6 is 11.8 Å². The molecule has 1 unspecified atom stereocenters. The maximum absolute atomic E-state index is 11.3. The summed E-state index contributed by atoms with van der Waals surface area (Å²) >= 11 is 1.78. The van der Waals surface area contributed by atoms with E-state index in [2.05, 4.69) is 17.6 Å². The van der Waals surface area contributed by atoms with Crippen molar-refractivity contribution < 1.29 is 14.7 Å². The predicted octanol–water partition coefficient (Wildman–Crippen LogP) is 1.68. The number of hydrogen-bond donors (Lipinski definition) is 3. The molecule has 0 aliphatic carbocycles. The molecule has 5 nitrogen and oxygen atoms in total. The summed E-state index contributed by atoms with van der Waals surface area (Å²) in [4.78, 5) is 21.5. The number of hydrogen-bond acceptors (Lipinski definition) is 3. The standard InChI is InChI=1S/C11H22N2O3S/c1-9(17-2)6-8-13-11(16)12-7-4-3-5-10(14)15/h9H,3-8H2,1-2H3,(H,14,15)(H2,12,13,16). The van der Waals surface area contributed by atoms with Gasteiger partial charge in [-0.3, -0.25) is 4.79 Å². The molecule has 0 aromatic carbocycles. The van der Waals surface area contributed by atoms with Crippen LogP contribution in [0.25, 0.3) is 0 Å². The van der Waals surface area contributed by atoms with Crippen LogP contribution in [-0.4, -0.2) is 41.7 Å². The first-order valence-electron chi connectivity index (χ1n) is 5.82. The molecule has 1 atom stereocenters. The molecule has 100 valence electrons. The number of rotatable bonds is 9. The zero-order valence-electron chi connectivity index (χ0n) is 10.5. The van der Waals surface area contributed by atoms with Crippen molar-refractivity contribution in [3.8, 4) is 0 Å². The highest BCUT2D eigenvalue weighted by molar-refractivity contribution is 7.99. The number of urea groups is 1. The Labute approximate surface area is 107 Å². The molecular weight excluding hydrogens is 240 g/mol. The van der Waals surface area contributed by atoms with Gasteiger partial charge >= 0.3 is 12.0 Å². The molecule has 0 aliphatic rings. The smallest absolute Gasteiger partial charge is 0.314 e. The summed E-state index contributed by atoms with van der Waals surface area (Å²) in [6, 6.07) is -0.173. The second kappa shape index (κ2) is 10.3. The average Bonchev–Trinajstić information content (AvgIpc) is 2.27. The van der Waals surface area contributed by atoms with Gasteiger partial charge in [0.2, 0.25) is 0 Å². The first-order valence-corrected chi connectivity index (χ1v) is 7.11. The summed E-state index contributed by atoms with van der Waals surface area (Å²) in [6.45, 7) is 3.32. The fraction of sp³-hybridized carbons (Fsp3) is 0.818. The molecule has 0 radical (unpaired) electrons. The van der Waals surface area contributed by atoms with Crippen molar-refractivity contribution in [3.05, 3.63) is 0 Å². The fourth-order valence-corrected chi connectivity index (χ4v) is 1.53. The number of carboxylic acids is 1. The quantitative estimate of drug-likeness (QED) is 0.552. The molecule has 17 heavy (non-hydrogen) atoms. The van der Waals surface area contributed by atoms with Gasteiger partial charge in [0.15, 0.2) is 0 Å². The molecule has 3 N–H and O–H groups in total. The number of aliphatic carboxylic acids is 1. The van der Waals surface area contributed by atoms with Gasteiger partial charge < -0.3 is 15.7 Å². The Morgan fingerprint density at radius 2 is 1.88 bits per heavy atom. The third kappa shape index (κ3) is 11.4. The lowest BCUT2D eigenvalue weighted by atomic mass is 10.2. The number of amides is 2. The number of carboxylic acid groups (broad SMARTS) is 1. The normalized spacial score (nSPS) is 11.9. The third-order valence-electron chi connectivity index (χ3n) is 2.34. The van der Waals surface area contributed by atoms with E-state index in [1.54, 1.807) is 11.8 Å². The average molecular weight is 262 g/mol. The van der Waals surface area contributed by atoms with Gasteiger partial charge in [0.25, 0.3) is 0 Å². The summed E-state index contributed by atoms with van der Waals surface area (Å²) in [5.74, 6) is -0.791. The molecule has 0 fully saturated rings. The topological polar surface area (TPSA) is 78.4 Å². The Morgan fingerprint density at radius 3 is 2.47 bits per heavy atom. The summed E-state index contributed by atoms with van der Waals surface area (Å²) in [5.41, 5.74) is 0. The summed E-state index contributed by atoms with van der Waals surface area (Å²) in [6.07, 6.45) is 4.45. The minimum absolute atomic E-state index is 0.161. The van der Waals surface area contributed by atoms with Crippen molar-refractivity contribution in [3.63, 3.8) is 0 Å². The van der Waals surface area contributed by atoms with Gasteiger partial charge in [-0.1, -0.05) is 6.92 Å². The lowest BCUT2D eigenvalue weighted by molar-refractivity contribution is -0.137. The number of carbonyl (C=O) groups is 2. The molecule has 0 aliphatic heterocycles. The Morgan fingerprint density at radius 1 is 1.24 bits per heavy atom. The number of unbranched alkanes of at least 4 members (excludes halogenated alkanes) is 1. The van der Waals surface area contributed by atoms with Gasteiger partial charge in [0, 0.05) is 24.8 Å². The van der Waals surface area contributed by atoms with Crippen LogP contribution in [0, 0.1) is 0 Å². The second-order valence-electron chi connectivity index (χ2n) is 3.87. The monoisotopic (exact) mass is 262 g/mol. The van der Waals surface area contributed by atoms with Crippen molar-refractivity contribution >= 4 is 23.8 Å². The van der Waals surface area contributed by atoms with Crippen LogP contribution in [0.5, 0.6) is 0 Å². The van der Waals surface area contributed by atoms with Gasteiger partial charge in [-0.2, -0.15) is 11.8 Å². The zero-order valence-corrected chi connectivity index (χ0v) is 11.3. The van der Waals surface area contributed by atoms with Crippen LogP contribution in [0.15, 0.2) is 0 Å². The van der Waals surface area contributed by atoms with Crippen LogP contribution in [0.3, 0.4) is 0 Å². The summed E-state index contributed by atoms with van der Waals surface area (Å²) < 4.78 is 0. The lowest BCUT2D eigenvalue weighted by Crippen LogP contribution is -2.37. The van der Waals surface area contributed by atoms with Gasteiger partial charge in [0.1, 0.15) is 0 Å². The highest BCUT2D eigenvalue weighted by Crippen LogP contribution is 2.07. The van der Waals surface area contributed by atoms with E-state index in [1.807, 2.05) is 6.26 Å². The molecule has 2 amide bonds. The maximum Gasteiger partial charge on any atom is 0.314 e. The molecule has 0 aromatic rings. The van der Waals surface area contributed by atoms with Crippen LogP contribution in [0.4, 0.5) is 4.79 Å². The molecular formula is C11H22N2O3S. The predicted molar refractivity (Wildman–Crippen MR) is 70.5 cm³/mol. The molecule has 0 heterocycles. The Kier molecular flexibility index (Phi) is 9.71. The summed E-state index contributed by atoms with van der Waals surface area (Å²) in [7, 11) is 0. The highest BCUT2D eigenvalue weighted by Gasteiger charge is 2.02. The van der Waals surface area contributed by atoms with E-state index in [1.165, 1.54) is 0 Å². The lowest BCUT2D eigenvalue weighted by Gasteiger charge is -2.10. The zero-order chi connectivity index (χ0) is 13.1. The molecule has 0 rings (SSSR count). The van der Waals surface area contributed by atoms with E-state index in [0.29, 0.717) is 31.2 Å². The van der Waals surface area contributed by atoms with Crippen LogP contribution in [0.2, 0.25) is 0 Å². The molecule has 6 heteroatoms. The Hall–Kier alpha value is -0.910. The van der Waals surface area contributed by atoms with E-state index in [4.69, 9.17) is 5.11 Å². The Bertz CT molecular complexity index is 237. The SMILES string of the molecule is CSC(C)CCNC(=O)NCCCCC(=O)O. The maximum atomic E-state index is 11.3. The summed E-state index contributed by atoms with van der Waals surface area (Å²) in [5, 5.41) is 14.4. The first-order chi connectivity index (χ1) is 8.06. The minimum Gasteiger partial charge on any atom is -0.481 e. The van der Waals surface area contributed by atoms with Crippen molar-refractivity contribution in [1.82, 2.24) is 10.6 Å².